The van der Waals surface area contributed by atoms with E-state index in [1.54, 1.807) is 0 Å². The van der Waals surface area contributed by atoms with Crippen molar-refractivity contribution in [2.24, 2.45) is 5.92 Å². The molecular weight excluding hydrogens is 188 g/mol. The van der Waals surface area contributed by atoms with Gasteiger partial charge in [0.2, 0.25) is 5.91 Å². The van der Waals surface area contributed by atoms with Gasteiger partial charge in [-0.05, 0) is 32.2 Å². The third kappa shape index (κ3) is 4.65. The maximum absolute atomic E-state index is 11.5. The summed E-state index contributed by atoms with van der Waals surface area (Å²) in [5, 5.41) is 6.18. The van der Waals surface area contributed by atoms with E-state index in [0.717, 1.165) is 25.4 Å². The van der Waals surface area contributed by atoms with Crippen molar-refractivity contribution in [2.75, 3.05) is 13.1 Å². The molecule has 0 spiro atoms. The average Bonchev–Trinajstić information content (AvgIpc) is 2.17. The van der Waals surface area contributed by atoms with E-state index in [2.05, 4.69) is 17.6 Å². The Bertz CT molecular complexity index is 190. The molecule has 0 saturated heterocycles. The van der Waals surface area contributed by atoms with Crippen LogP contribution in [0.3, 0.4) is 0 Å². The SMILES string of the molecule is CCCNC(=O)C(C)NCCC1CCC1. The molecule has 2 N–H and O–H groups in total. The van der Waals surface area contributed by atoms with E-state index in [-0.39, 0.29) is 11.9 Å². The van der Waals surface area contributed by atoms with Crippen LogP contribution >= 0.6 is 0 Å². The molecule has 3 nitrogen and oxygen atoms in total. The topological polar surface area (TPSA) is 41.1 Å². The van der Waals surface area contributed by atoms with Crippen LogP contribution in [0, 0.1) is 5.92 Å². The molecule has 1 amide bonds. The first-order chi connectivity index (χ1) is 7.24. The summed E-state index contributed by atoms with van der Waals surface area (Å²) in [7, 11) is 0. The van der Waals surface area contributed by atoms with Crippen molar-refractivity contribution in [1.82, 2.24) is 10.6 Å². The molecule has 1 rings (SSSR count). The minimum atomic E-state index is -0.0448. The number of amides is 1. The average molecular weight is 212 g/mol. The van der Waals surface area contributed by atoms with E-state index < -0.39 is 0 Å². The second kappa shape index (κ2) is 6.83. The lowest BCUT2D eigenvalue weighted by Crippen LogP contribution is -2.43. The maximum atomic E-state index is 11.5. The fourth-order valence-electron chi connectivity index (χ4n) is 1.78. The molecule has 0 aliphatic heterocycles. The standard InChI is InChI=1S/C12H24N2O/c1-3-8-14-12(15)10(2)13-9-7-11-5-4-6-11/h10-11,13H,3-9H2,1-2H3,(H,14,15). The monoisotopic (exact) mass is 212 g/mol. The van der Waals surface area contributed by atoms with Crippen LogP contribution in [-0.4, -0.2) is 25.0 Å². The molecule has 1 unspecified atom stereocenters. The Balaban J connectivity index is 2.00. The van der Waals surface area contributed by atoms with Gasteiger partial charge < -0.3 is 10.6 Å². The van der Waals surface area contributed by atoms with Gasteiger partial charge in [0.05, 0.1) is 6.04 Å². The van der Waals surface area contributed by atoms with Crippen LogP contribution < -0.4 is 10.6 Å². The molecule has 1 aliphatic rings. The fraction of sp³-hybridized carbons (Fsp3) is 0.917. The number of hydrogen-bond donors (Lipinski definition) is 2. The first-order valence-corrected chi connectivity index (χ1v) is 6.25. The lowest BCUT2D eigenvalue weighted by molar-refractivity contribution is -0.122. The van der Waals surface area contributed by atoms with Gasteiger partial charge in [-0.15, -0.1) is 0 Å². The molecular formula is C12H24N2O. The second-order valence-corrected chi connectivity index (χ2v) is 4.55. The molecule has 0 aromatic carbocycles. The van der Waals surface area contributed by atoms with Gasteiger partial charge in [-0.2, -0.15) is 0 Å². The quantitative estimate of drug-likeness (QED) is 0.674. The number of nitrogens with one attached hydrogen (secondary N) is 2. The summed E-state index contributed by atoms with van der Waals surface area (Å²) in [6.45, 7) is 5.76. The molecule has 0 radical (unpaired) electrons. The molecule has 88 valence electrons. The van der Waals surface area contributed by atoms with Gasteiger partial charge in [-0.3, -0.25) is 4.79 Å². The van der Waals surface area contributed by atoms with Gasteiger partial charge in [0.1, 0.15) is 0 Å². The Morgan fingerprint density at radius 1 is 1.40 bits per heavy atom. The van der Waals surface area contributed by atoms with Crippen LogP contribution in [0.4, 0.5) is 0 Å². The minimum Gasteiger partial charge on any atom is -0.355 e. The third-order valence-corrected chi connectivity index (χ3v) is 3.17. The summed E-state index contributed by atoms with van der Waals surface area (Å²) in [6.07, 6.45) is 6.40. The van der Waals surface area contributed by atoms with Gasteiger partial charge in [-0.25, -0.2) is 0 Å². The molecule has 3 heteroatoms. The predicted octanol–water partition coefficient (Wildman–Crippen LogP) is 1.68. The van der Waals surface area contributed by atoms with Crippen LogP contribution in [0.15, 0.2) is 0 Å². The molecule has 0 aromatic rings. The molecule has 1 aliphatic carbocycles. The summed E-state index contributed by atoms with van der Waals surface area (Å²) >= 11 is 0. The molecule has 0 aromatic heterocycles. The van der Waals surface area contributed by atoms with E-state index in [1.165, 1.54) is 25.7 Å². The van der Waals surface area contributed by atoms with Crippen molar-refractivity contribution >= 4 is 5.91 Å². The lowest BCUT2D eigenvalue weighted by atomic mass is 9.83. The lowest BCUT2D eigenvalue weighted by Gasteiger charge is -2.25. The number of rotatable bonds is 7. The summed E-state index contributed by atoms with van der Waals surface area (Å²) in [6, 6.07) is -0.0448. The summed E-state index contributed by atoms with van der Waals surface area (Å²) in [5.41, 5.74) is 0. The van der Waals surface area contributed by atoms with Crippen LogP contribution in [0.1, 0.15) is 46.0 Å². The predicted molar refractivity (Wildman–Crippen MR) is 62.7 cm³/mol. The van der Waals surface area contributed by atoms with Gasteiger partial charge in [0, 0.05) is 6.54 Å². The Hall–Kier alpha value is -0.570. The fourth-order valence-corrected chi connectivity index (χ4v) is 1.78. The molecule has 0 bridgehead atoms. The molecule has 1 atom stereocenters. The Labute approximate surface area is 93.0 Å². The van der Waals surface area contributed by atoms with E-state index >= 15 is 0 Å². The van der Waals surface area contributed by atoms with Crippen molar-refractivity contribution in [2.45, 2.75) is 52.0 Å². The Morgan fingerprint density at radius 2 is 2.13 bits per heavy atom. The van der Waals surface area contributed by atoms with E-state index in [0.29, 0.717) is 0 Å². The van der Waals surface area contributed by atoms with Gasteiger partial charge in [0.25, 0.3) is 0 Å². The Morgan fingerprint density at radius 3 is 2.67 bits per heavy atom. The number of hydrogen-bond acceptors (Lipinski definition) is 2. The van der Waals surface area contributed by atoms with Gasteiger partial charge in [0.15, 0.2) is 0 Å². The molecule has 1 fully saturated rings. The second-order valence-electron chi connectivity index (χ2n) is 4.55. The van der Waals surface area contributed by atoms with Gasteiger partial charge >= 0.3 is 0 Å². The molecule has 15 heavy (non-hydrogen) atoms. The zero-order chi connectivity index (χ0) is 11.1. The first kappa shape index (κ1) is 12.5. The Kier molecular flexibility index (Phi) is 5.69. The smallest absolute Gasteiger partial charge is 0.236 e. The normalized spacial score (nSPS) is 18.3. The van der Waals surface area contributed by atoms with E-state index in [4.69, 9.17) is 0 Å². The van der Waals surface area contributed by atoms with Crippen LogP contribution in [0.25, 0.3) is 0 Å². The van der Waals surface area contributed by atoms with Gasteiger partial charge in [-0.1, -0.05) is 26.2 Å². The van der Waals surface area contributed by atoms with Crippen LogP contribution in [-0.2, 0) is 4.79 Å². The maximum Gasteiger partial charge on any atom is 0.236 e. The van der Waals surface area contributed by atoms with E-state index in [1.807, 2.05) is 6.92 Å². The van der Waals surface area contributed by atoms with Crippen LogP contribution in [0.2, 0.25) is 0 Å². The van der Waals surface area contributed by atoms with Crippen LogP contribution in [0.5, 0.6) is 0 Å². The van der Waals surface area contributed by atoms with Crippen molar-refractivity contribution in [3.8, 4) is 0 Å². The summed E-state index contributed by atoms with van der Waals surface area (Å²) in [4.78, 5) is 11.5. The molecule has 0 heterocycles. The zero-order valence-electron chi connectivity index (χ0n) is 10.0. The zero-order valence-corrected chi connectivity index (χ0v) is 10.0. The van der Waals surface area contributed by atoms with Crippen molar-refractivity contribution in [1.29, 1.82) is 0 Å². The highest BCUT2D eigenvalue weighted by Crippen LogP contribution is 2.28. The van der Waals surface area contributed by atoms with E-state index in [9.17, 15) is 4.79 Å². The van der Waals surface area contributed by atoms with Crippen molar-refractivity contribution < 1.29 is 4.79 Å². The largest absolute Gasteiger partial charge is 0.355 e. The van der Waals surface area contributed by atoms with Crippen molar-refractivity contribution in [3.63, 3.8) is 0 Å². The minimum absolute atomic E-state index is 0.0448. The highest BCUT2D eigenvalue weighted by atomic mass is 16.2. The highest BCUT2D eigenvalue weighted by Gasteiger charge is 2.17. The third-order valence-electron chi connectivity index (χ3n) is 3.17. The first-order valence-electron chi connectivity index (χ1n) is 6.25. The van der Waals surface area contributed by atoms with Crippen molar-refractivity contribution in [3.05, 3.63) is 0 Å². The highest BCUT2D eigenvalue weighted by molar-refractivity contribution is 5.81. The molecule has 1 saturated carbocycles. The number of carbonyl (C=O) groups excluding carboxylic acids is 1. The summed E-state index contributed by atoms with van der Waals surface area (Å²) < 4.78 is 0. The summed E-state index contributed by atoms with van der Waals surface area (Å²) in [5.74, 6) is 1.05. The number of carbonyl (C=O) groups is 1.